The van der Waals surface area contributed by atoms with Crippen LogP contribution in [0.5, 0.6) is 0 Å². The zero-order valence-corrected chi connectivity index (χ0v) is 21.6. The maximum absolute atomic E-state index is 13.0. The van der Waals surface area contributed by atoms with Gasteiger partial charge in [-0.15, -0.1) is 0 Å². The van der Waals surface area contributed by atoms with E-state index in [4.69, 9.17) is 0 Å². The van der Waals surface area contributed by atoms with Crippen molar-refractivity contribution < 1.29 is 27.9 Å². The summed E-state index contributed by atoms with van der Waals surface area (Å²) in [5, 5.41) is 9.43. The molecule has 0 aromatic heterocycles. The largest absolute Gasteiger partial charge is 0.474 e. The first-order chi connectivity index (χ1) is 17.7. The third-order valence-electron chi connectivity index (χ3n) is 6.20. The molecule has 1 amide bonds. The van der Waals surface area contributed by atoms with Crippen LogP contribution in [-0.2, 0) is 22.3 Å². The third kappa shape index (κ3) is 9.95. The van der Waals surface area contributed by atoms with Crippen LogP contribution in [0.4, 0.5) is 13.2 Å². The van der Waals surface area contributed by atoms with Crippen LogP contribution in [0, 0.1) is 11.8 Å². The summed E-state index contributed by atoms with van der Waals surface area (Å²) in [5.41, 5.74) is 1.21. The van der Waals surface area contributed by atoms with Gasteiger partial charge in [-0.25, -0.2) is 4.79 Å². The number of hydrogen-bond donors (Lipinski definition) is 1. The molecule has 37 heavy (non-hydrogen) atoms. The summed E-state index contributed by atoms with van der Waals surface area (Å²) in [5.74, 6) is 3.62. The van der Waals surface area contributed by atoms with Gasteiger partial charge in [0.25, 0.3) is 0 Å². The van der Waals surface area contributed by atoms with Crippen molar-refractivity contribution in [1.29, 1.82) is 0 Å². The molecule has 0 aliphatic rings. The number of carbonyl (C=O) groups excluding carboxylic acids is 1. The summed E-state index contributed by atoms with van der Waals surface area (Å²) < 4.78 is 39.0. The number of rotatable bonds is 12. The van der Waals surface area contributed by atoms with E-state index in [-0.39, 0.29) is 6.54 Å². The van der Waals surface area contributed by atoms with Crippen LogP contribution < -0.4 is 0 Å². The highest BCUT2D eigenvalue weighted by atomic mass is 19.4. The zero-order chi connectivity index (χ0) is 27.3. The van der Waals surface area contributed by atoms with Crippen LogP contribution in [0.15, 0.2) is 48.5 Å². The molecule has 0 bridgehead atoms. The van der Waals surface area contributed by atoms with Gasteiger partial charge in [0.2, 0.25) is 0 Å². The number of alkyl halides is 3. The van der Waals surface area contributed by atoms with Crippen molar-refractivity contribution in [1.82, 2.24) is 4.90 Å². The Labute approximate surface area is 217 Å². The Hall–Kier alpha value is -3.27. The highest BCUT2D eigenvalue weighted by Crippen LogP contribution is 2.33. The summed E-state index contributed by atoms with van der Waals surface area (Å²) in [4.78, 5) is 25.5. The predicted molar refractivity (Wildman–Crippen MR) is 139 cm³/mol. The van der Waals surface area contributed by atoms with Gasteiger partial charge in [-0.05, 0) is 48.2 Å². The van der Waals surface area contributed by atoms with E-state index in [9.17, 15) is 27.9 Å². The molecule has 1 atom stereocenters. The van der Waals surface area contributed by atoms with Gasteiger partial charge >= 0.3 is 18.1 Å². The lowest BCUT2D eigenvalue weighted by Crippen LogP contribution is -2.39. The minimum atomic E-state index is -4.48. The zero-order valence-electron chi connectivity index (χ0n) is 21.6. The Morgan fingerprint density at radius 1 is 0.892 bits per heavy atom. The predicted octanol–water partition coefficient (Wildman–Crippen LogP) is 7.76. The standard InChI is InChI=1S/C30H36F3NO3/c1-3-5-6-7-8-9-10-11-13-23-14-16-24(17-15-23)22-34(28(35)29(36)37)27(12-4-2)25-18-20-26(21-19-25)30(31,32)33/h14-21,27H,3-10,12,22H2,1-2H3,(H,36,37). The van der Waals surface area contributed by atoms with E-state index in [1.807, 2.05) is 19.1 Å². The van der Waals surface area contributed by atoms with Crippen molar-refractivity contribution in [2.45, 2.75) is 90.4 Å². The van der Waals surface area contributed by atoms with Crippen molar-refractivity contribution in [3.05, 3.63) is 70.8 Å². The lowest BCUT2D eigenvalue weighted by Gasteiger charge is -2.31. The summed E-state index contributed by atoms with van der Waals surface area (Å²) >= 11 is 0. The highest BCUT2D eigenvalue weighted by molar-refractivity contribution is 6.31. The normalized spacial score (nSPS) is 11.9. The number of amides is 1. The average Bonchev–Trinajstić information content (AvgIpc) is 2.87. The molecule has 2 aromatic rings. The molecule has 1 N–H and O–H groups in total. The molecular weight excluding hydrogens is 479 g/mol. The molecule has 1 unspecified atom stereocenters. The number of halogens is 3. The van der Waals surface area contributed by atoms with Gasteiger partial charge in [0.1, 0.15) is 0 Å². The molecule has 0 saturated heterocycles. The number of carbonyl (C=O) groups is 2. The van der Waals surface area contributed by atoms with E-state index in [1.54, 1.807) is 12.1 Å². The second-order valence-electron chi connectivity index (χ2n) is 9.18. The number of aliphatic carboxylic acids is 1. The third-order valence-corrected chi connectivity index (χ3v) is 6.20. The van der Waals surface area contributed by atoms with Crippen LogP contribution in [0.3, 0.4) is 0 Å². The highest BCUT2D eigenvalue weighted by Gasteiger charge is 2.32. The van der Waals surface area contributed by atoms with Crippen LogP contribution in [-0.4, -0.2) is 21.9 Å². The molecule has 0 heterocycles. The molecule has 7 heteroatoms. The van der Waals surface area contributed by atoms with E-state index in [1.165, 1.54) is 49.1 Å². The lowest BCUT2D eigenvalue weighted by molar-refractivity contribution is -0.157. The summed E-state index contributed by atoms with van der Waals surface area (Å²) in [6, 6.07) is 11.1. The van der Waals surface area contributed by atoms with Crippen LogP contribution >= 0.6 is 0 Å². The van der Waals surface area contributed by atoms with Crippen LogP contribution in [0.25, 0.3) is 0 Å². The molecule has 0 radical (unpaired) electrons. The molecule has 4 nitrogen and oxygen atoms in total. The monoisotopic (exact) mass is 515 g/mol. The maximum Gasteiger partial charge on any atom is 0.416 e. The minimum absolute atomic E-state index is 0.0162. The SMILES string of the molecule is CCCCCCCCC#Cc1ccc(CN(C(=O)C(=O)O)C(CCC)c2ccc(C(F)(F)F)cc2)cc1. The second kappa shape index (κ2) is 15.1. The first-order valence-corrected chi connectivity index (χ1v) is 13.0. The fourth-order valence-corrected chi connectivity index (χ4v) is 4.16. The average molecular weight is 516 g/mol. The maximum atomic E-state index is 13.0. The van der Waals surface area contributed by atoms with Gasteiger partial charge in [-0.1, -0.05) is 88.5 Å². The van der Waals surface area contributed by atoms with Gasteiger partial charge in [-0.2, -0.15) is 13.2 Å². The number of carboxylic acids is 1. The molecule has 0 fully saturated rings. The van der Waals surface area contributed by atoms with Gasteiger partial charge in [-0.3, -0.25) is 4.79 Å². The number of benzene rings is 2. The summed E-state index contributed by atoms with van der Waals surface area (Å²) in [6.07, 6.45) is 4.64. The first-order valence-electron chi connectivity index (χ1n) is 13.0. The first kappa shape index (κ1) is 30.0. The van der Waals surface area contributed by atoms with Crippen molar-refractivity contribution in [2.75, 3.05) is 0 Å². The minimum Gasteiger partial charge on any atom is -0.474 e. The molecule has 2 aromatic carbocycles. The summed E-state index contributed by atoms with van der Waals surface area (Å²) in [7, 11) is 0. The van der Waals surface area contributed by atoms with Gasteiger partial charge in [0.05, 0.1) is 11.6 Å². The van der Waals surface area contributed by atoms with Crippen LogP contribution in [0.1, 0.15) is 99.9 Å². The fraction of sp³-hybridized carbons (Fsp3) is 0.467. The second-order valence-corrected chi connectivity index (χ2v) is 9.18. The number of hydrogen-bond acceptors (Lipinski definition) is 2. The van der Waals surface area contributed by atoms with Crippen molar-refractivity contribution in [3.8, 4) is 11.8 Å². The Morgan fingerprint density at radius 3 is 2.08 bits per heavy atom. The van der Waals surface area contributed by atoms with E-state index < -0.39 is 29.7 Å². The number of nitrogens with zero attached hydrogens (tertiary/aromatic N) is 1. The summed E-state index contributed by atoms with van der Waals surface area (Å²) in [6.45, 7) is 4.09. The van der Waals surface area contributed by atoms with Crippen molar-refractivity contribution in [2.24, 2.45) is 0 Å². The molecule has 0 aliphatic carbocycles. The van der Waals surface area contributed by atoms with E-state index in [2.05, 4.69) is 18.8 Å². The van der Waals surface area contributed by atoms with Gasteiger partial charge < -0.3 is 10.0 Å². The Balaban J connectivity index is 2.14. The van der Waals surface area contributed by atoms with E-state index >= 15 is 0 Å². The molecule has 0 spiro atoms. The molecule has 0 saturated carbocycles. The van der Waals surface area contributed by atoms with Crippen molar-refractivity contribution >= 4 is 11.9 Å². The van der Waals surface area contributed by atoms with E-state index in [0.717, 1.165) is 30.5 Å². The number of unbranched alkanes of at least 4 members (excludes halogenated alkanes) is 6. The lowest BCUT2D eigenvalue weighted by atomic mass is 9.98. The molecule has 200 valence electrons. The Bertz CT molecular complexity index is 1050. The van der Waals surface area contributed by atoms with Crippen LogP contribution in [0.2, 0.25) is 0 Å². The Kier molecular flexibility index (Phi) is 12.2. The molecule has 0 aliphatic heterocycles. The smallest absolute Gasteiger partial charge is 0.416 e. The number of carboxylic acid groups (broad SMARTS) is 1. The van der Waals surface area contributed by atoms with Gasteiger partial charge in [0.15, 0.2) is 0 Å². The van der Waals surface area contributed by atoms with E-state index in [0.29, 0.717) is 24.0 Å². The fourth-order valence-electron chi connectivity index (χ4n) is 4.16. The Morgan fingerprint density at radius 2 is 1.51 bits per heavy atom. The molecular formula is C30H36F3NO3. The van der Waals surface area contributed by atoms with Crippen molar-refractivity contribution in [3.63, 3.8) is 0 Å². The quantitative estimate of drug-likeness (QED) is 0.179. The topological polar surface area (TPSA) is 57.6 Å². The van der Waals surface area contributed by atoms with Gasteiger partial charge in [0, 0.05) is 18.5 Å². The molecule has 2 rings (SSSR count).